The van der Waals surface area contributed by atoms with Gasteiger partial charge in [-0.25, -0.2) is 0 Å². The molecule has 2 aromatic carbocycles. The van der Waals surface area contributed by atoms with E-state index in [1.165, 1.54) is 0 Å². The van der Waals surface area contributed by atoms with Gasteiger partial charge in [0.25, 0.3) is 0 Å². The number of hydrogen-bond donors (Lipinski definition) is 2. The van der Waals surface area contributed by atoms with Gasteiger partial charge in [0.1, 0.15) is 5.25 Å². The SMILES string of the molecule is Cc1ccccc1S(=O)C(C)C(=O)Nc1ccc(N)cc1. The summed E-state index contributed by atoms with van der Waals surface area (Å²) in [6, 6.07) is 14.2. The molecule has 2 aromatic rings. The second kappa shape index (κ2) is 6.54. The first-order chi connectivity index (χ1) is 9.99. The first-order valence-electron chi connectivity index (χ1n) is 6.61. The minimum atomic E-state index is -1.38. The molecule has 0 aliphatic rings. The lowest BCUT2D eigenvalue weighted by atomic mass is 10.2. The number of rotatable bonds is 4. The molecule has 0 saturated heterocycles. The van der Waals surface area contributed by atoms with Crippen LogP contribution in [-0.4, -0.2) is 15.4 Å². The smallest absolute Gasteiger partial charge is 0.240 e. The maximum absolute atomic E-state index is 12.5. The highest BCUT2D eigenvalue weighted by Crippen LogP contribution is 2.17. The number of hydrogen-bond acceptors (Lipinski definition) is 3. The van der Waals surface area contributed by atoms with Crippen molar-refractivity contribution in [3.8, 4) is 0 Å². The van der Waals surface area contributed by atoms with E-state index in [1.807, 2.05) is 25.1 Å². The van der Waals surface area contributed by atoms with E-state index in [1.54, 1.807) is 37.3 Å². The Balaban J connectivity index is 2.10. The molecule has 1 amide bonds. The summed E-state index contributed by atoms with van der Waals surface area (Å²) in [6.45, 7) is 3.55. The largest absolute Gasteiger partial charge is 0.399 e. The van der Waals surface area contributed by atoms with Gasteiger partial charge in [-0.3, -0.25) is 9.00 Å². The highest BCUT2D eigenvalue weighted by molar-refractivity contribution is 7.86. The fraction of sp³-hybridized carbons (Fsp3) is 0.188. The van der Waals surface area contributed by atoms with Crippen LogP contribution >= 0.6 is 0 Å². The molecule has 21 heavy (non-hydrogen) atoms. The fourth-order valence-electron chi connectivity index (χ4n) is 1.88. The number of carbonyl (C=O) groups is 1. The summed E-state index contributed by atoms with van der Waals surface area (Å²) in [5, 5.41) is 2.12. The average Bonchev–Trinajstić information content (AvgIpc) is 2.48. The van der Waals surface area contributed by atoms with Gasteiger partial charge in [-0.05, 0) is 49.7 Å². The lowest BCUT2D eigenvalue weighted by Gasteiger charge is -2.13. The molecule has 110 valence electrons. The van der Waals surface area contributed by atoms with Crippen LogP contribution in [0.15, 0.2) is 53.4 Å². The van der Waals surface area contributed by atoms with Crippen LogP contribution in [0, 0.1) is 6.92 Å². The number of nitrogen functional groups attached to an aromatic ring is 1. The second-order valence-electron chi connectivity index (χ2n) is 4.82. The van der Waals surface area contributed by atoms with Crippen molar-refractivity contribution in [1.82, 2.24) is 0 Å². The molecular formula is C16H18N2O2S. The first kappa shape index (κ1) is 15.3. The van der Waals surface area contributed by atoms with Crippen LogP contribution < -0.4 is 11.1 Å². The quantitative estimate of drug-likeness (QED) is 0.853. The van der Waals surface area contributed by atoms with Gasteiger partial charge in [-0.15, -0.1) is 0 Å². The van der Waals surface area contributed by atoms with Gasteiger partial charge in [0.05, 0.1) is 10.8 Å². The Morgan fingerprint density at radius 2 is 1.76 bits per heavy atom. The highest BCUT2D eigenvalue weighted by Gasteiger charge is 2.22. The molecule has 5 heteroatoms. The van der Waals surface area contributed by atoms with Crippen molar-refractivity contribution < 1.29 is 9.00 Å². The van der Waals surface area contributed by atoms with E-state index in [-0.39, 0.29) is 5.91 Å². The molecule has 2 unspecified atom stereocenters. The van der Waals surface area contributed by atoms with Crippen molar-refractivity contribution in [2.45, 2.75) is 24.0 Å². The Hall–Kier alpha value is -2.14. The summed E-state index contributed by atoms with van der Waals surface area (Å²) < 4.78 is 12.5. The minimum absolute atomic E-state index is 0.277. The van der Waals surface area contributed by atoms with Gasteiger partial charge in [-0.2, -0.15) is 0 Å². The van der Waals surface area contributed by atoms with Gasteiger partial charge >= 0.3 is 0 Å². The van der Waals surface area contributed by atoms with Crippen molar-refractivity contribution in [2.75, 3.05) is 11.1 Å². The molecule has 0 bridgehead atoms. The molecule has 0 aromatic heterocycles. The number of anilines is 2. The Bertz CT molecular complexity index is 668. The van der Waals surface area contributed by atoms with Crippen molar-refractivity contribution >= 4 is 28.1 Å². The maximum atomic E-state index is 12.5. The molecule has 3 N–H and O–H groups in total. The Labute approximate surface area is 126 Å². The molecule has 0 radical (unpaired) electrons. The number of nitrogens with one attached hydrogen (secondary N) is 1. The molecular weight excluding hydrogens is 284 g/mol. The number of benzene rings is 2. The third-order valence-corrected chi connectivity index (χ3v) is 4.93. The molecule has 0 spiro atoms. The van der Waals surface area contributed by atoms with Crippen molar-refractivity contribution in [3.05, 3.63) is 54.1 Å². The highest BCUT2D eigenvalue weighted by atomic mass is 32.2. The van der Waals surface area contributed by atoms with Gasteiger partial charge < -0.3 is 11.1 Å². The van der Waals surface area contributed by atoms with Gasteiger partial charge in [0.15, 0.2) is 0 Å². The lowest BCUT2D eigenvalue weighted by Crippen LogP contribution is -2.29. The number of aryl methyl sites for hydroxylation is 1. The van der Waals surface area contributed by atoms with Crippen molar-refractivity contribution in [2.24, 2.45) is 0 Å². The van der Waals surface area contributed by atoms with Crippen LogP contribution in [0.3, 0.4) is 0 Å². The summed E-state index contributed by atoms with van der Waals surface area (Å²) >= 11 is 0. The Kier molecular flexibility index (Phi) is 4.75. The Morgan fingerprint density at radius 1 is 1.14 bits per heavy atom. The van der Waals surface area contributed by atoms with Crippen LogP contribution in [0.4, 0.5) is 11.4 Å². The number of carbonyl (C=O) groups excluding carboxylic acids is 1. The van der Waals surface area contributed by atoms with E-state index in [0.29, 0.717) is 16.3 Å². The predicted molar refractivity (Wildman–Crippen MR) is 86.5 cm³/mol. The van der Waals surface area contributed by atoms with E-state index in [9.17, 15) is 9.00 Å². The van der Waals surface area contributed by atoms with E-state index in [0.717, 1.165) is 5.56 Å². The zero-order chi connectivity index (χ0) is 15.4. The molecule has 0 saturated carbocycles. The summed E-state index contributed by atoms with van der Waals surface area (Å²) in [5.74, 6) is -0.277. The lowest BCUT2D eigenvalue weighted by molar-refractivity contribution is -0.115. The second-order valence-corrected chi connectivity index (χ2v) is 6.56. The Morgan fingerprint density at radius 3 is 2.38 bits per heavy atom. The molecule has 0 heterocycles. The van der Waals surface area contributed by atoms with Crippen LogP contribution in [0.5, 0.6) is 0 Å². The summed E-state index contributed by atoms with van der Waals surface area (Å²) in [4.78, 5) is 12.9. The summed E-state index contributed by atoms with van der Waals surface area (Å²) in [6.07, 6.45) is 0. The predicted octanol–water partition coefficient (Wildman–Crippen LogP) is 2.71. The van der Waals surface area contributed by atoms with Crippen LogP contribution in [0.2, 0.25) is 0 Å². The van der Waals surface area contributed by atoms with E-state index in [4.69, 9.17) is 5.73 Å². The van der Waals surface area contributed by atoms with Crippen LogP contribution in [0.1, 0.15) is 12.5 Å². The summed E-state index contributed by atoms with van der Waals surface area (Å²) in [7, 11) is -1.38. The van der Waals surface area contributed by atoms with E-state index >= 15 is 0 Å². The molecule has 0 aliphatic heterocycles. The number of amides is 1. The fourth-order valence-corrected chi connectivity index (χ4v) is 3.11. The molecule has 0 fully saturated rings. The monoisotopic (exact) mass is 302 g/mol. The van der Waals surface area contributed by atoms with E-state index < -0.39 is 16.0 Å². The zero-order valence-electron chi connectivity index (χ0n) is 12.0. The van der Waals surface area contributed by atoms with Crippen molar-refractivity contribution in [1.29, 1.82) is 0 Å². The maximum Gasteiger partial charge on any atom is 0.240 e. The molecule has 4 nitrogen and oxygen atoms in total. The topological polar surface area (TPSA) is 72.2 Å². The normalized spacial score (nSPS) is 13.4. The van der Waals surface area contributed by atoms with Gasteiger partial charge in [0.2, 0.25) is 5.91 Å². The van der Waals surface area contributed by atoms with Gasteiger partial charge in [0, 0.05) is 16.3 Å². The number of nitrogens with two attached hydrogens (primary N) is 1. The summed E-state index contributed by atoms with van der Waals surface area (Å²) in [5.41, 5.74) is 7.79. The standard InChI is InChI=1S/C16H18N2O2S/c1-11-5-3-4-6-15(11)21(20)12(2)16(19)18-14-9-7-13(17)8-10-14/h3-10,12H,17H2,1-2H3,(H,18,19). The minimum Gasteiger partial charge on any atom is -0.399 e. The van der Waals surface area contributed by atoms with Crippen LogP contribution in [0.25, 0.3) is 0 Å². The zero-order valence-corrected chi connectivity index (χ0v) is 12.8. The van der Waals surface area contributed by atoms with Crippen molar-refractivity contribution in [3.63, 3.8) is 0 Å². The molecule has 2 rings (SSSR count). The van der Waals surface area contributed by atoms with E-state index in [2.05, 4.69) is 5.32 Å². The molecule has 2 atom stereocenters. The third kappa shape index (κ3) is 3.70. The van der Waals surface area contributed by atoms with Crippen LogP contribution in [-0.2, 0) is 15.6 Å². The first-order valence-corrected chi connectivity index (χ1v) is 7.83. The third-order valence-electron chi connectivity index (χ3n) is 3.18. The molecule has 0 aliphatic carbocycles. The van der Waals surface area contributed by atoms with Gasteiger partial charge in [-0.1, -0.05) is 18.2 Å². The average molecular weight is 302 g/mol.